The molecule has 234 valence electrons. The second-order valence-corrected chi connectivity index (χ2v) is 11.4. The number of alkyl halides is 6. The van der Waals surface area contributed by atoms with Crippen LogP contribution in [-0.2, 0) is 17.1 Å². The predicted molar refractivity (Wildman–Crippen MR) is 154 cm³/mol. The Bertz CT molecular complexity index is 1570. The number of anilines is 3. The molecule has 2 aromatic carbocycles. The van der Waals surface area contributed by atoms with Gasteiger partial charge in [0.25, 0.3) is 0 Å². The number of aromatic nitrogens is 3. The van der Waals surface area contributed by atoms with E-state index in [1.54, 1.807) is 0 Å². The van der Waals surface area contributed by atoms with Gasteiger partial charge in [-0.25, -0.2) is 4.98 Å². The Morgan fingerprint density at radius 3 is 2.07 bits per heavy atom. The number of rotatable bonds is 6. The Labute approximate surface area is 249 Å². The van der Waals surface area contributed by atoms with Gasteiger partial charge in [0, 0.05) is 60.0 Å². The third kappa shape index (κ3) is 6.63. The van der Waals surface area contributed by atoms with Gasteiger partial charge in [-0.1, -0.05) is 12.1 Å². The summed E-state index contributed by atoms with van der Waals surface area (Å²) in [5.41, 5.74) is -0.0840. The highest BCUT2D eigenvalue weighted by atomic mass is 19.4. The molecule has 6 rings (SSSR count). The van der Waals surface area contributed by atoms with Gasteiger partial charge >= 0.3 is 12.4 Å². The standard InChI is InChI=1S/C31H31F6N5O2/c32-30(33,34)19-13-20(31(35,36)37)15-23(14-19)40-29-38-16-26-27(17-42(28(26)41-29)24-5-7-25(43)8-6-24)18-1-3-21(4-2-18)39-22-9-11-44-12-10-22/h1-4,13-17,22,24-25,39,43H,5-12H2,(H,38,40,41)/t24-,25-. The van der Waals surface area contributed by atoms with E-state index in [9.17, 15) is 31.4 Å². The molecular weight excluding hydrogens is 588 g/mol. The first-order valence-electron chi connectivity index (χ1n) is 14.5. The Morgan fingerprint density at radius 1 is 0.818 bits per heavy atom. The molecule has 2 aromatic heterocycles. The van der Waals surface area contributed by atoms with E-state index >= 15 is 0 Å². The van der Waals surface area contributed by atoms with Gasteiger partial charge in [-0.2, -0.15) is 31.3 Å². The zero-order valence-corrected chi connectivity index (χ0v) is 23.5. The molecule has 7 nitrogen and oxygen atoms in total. The molecule has 4 aromatic rings. The minimum atomic E-state index is -4.98. The van der Waals surface area contributed by atoms with Gasteiger partial charge in [-0.3, -0.25) is 0 Å². The highest BCUT2D eigenvalue weighted by molar-refractivity contribution is 5.94. The van der Waals surface area contributed by atoms with Crippen LogP contribution in [0.5, 0.6) is 0 Å². The lowest BCUT2D eigenvalue weighted by atomic mass is 9.93. The highest BCUT2D eigenvalue weighted by Gasteiger charge is 2.37. The van der Waals surface area contributed by atoms with Gasteiger partial charge in [-0.15, -0.1) is 0 Å². The number of ether oxygens (including phenoxy) is 1. The number of halogens is 6. The number of nitrogens with zero attached hydrogens (tertiary/aromatic N) is 3. The van der Waals surface area contributed by atoms with Crippen LogP contribution in [0.4, 0.5) is 43.7 Å². The van der Waals surface area contributed by atoms with Crippen LogP contribution in [0.25, 0.3) is 22.2 Å². The van der Waals surface area contributed by atoms with Crippen molar-refractivity contribution in [2.45, 2.75) is 69.1 Å². The zero-order valence-electron chi connectivity index (χ0n) is 23.5. The van der Waals surface area contributed by atoms with Crippen molar-refractivity contribution >= 4 is 28.4 Å². The highest BCUT2D eigenvalue weighted by Crippen LogP contribution is 2.40. The molecule has 1 aliphatic heterocycles. The number of nitrogens with one attached hydrogen (secondary N) is 2. The summed E-state index contributed by atoms with van der Waals surface area (Å²) >= 11 is 0. The number of hydrogen-bond acceptors (Lipinski definition) is 6. The summed E-state index contributed by atoms with van der Waals surface area (Å²) in [6, 6.07) is 9.57. The first-order valence-corrected chi connectivity index (χ1v) is 14.5. The molecule has 44 heavy (non-hydrogen) atoms. The molecule has 13 heteroatoms. The first kappa shape index (κ1) is 30.2. The minimum Gasteiger partial charge on any atom is -0.393 e. The maximum absolute atomic E-state index is 13.4. The average Bonchev–Trinajstić information content (AvgIpc) is 3.36. The Kier molecular flexibility index (Phi) is 8.18. The van der Waals surface area contributed by atoms with Crippen LogP contribution < -0.4 is 10.6 Å². The van der Waals surface area contributed by atoms with Crippen molar-refractivity contribution in [2.24, 2.45) is 0 Å². The Hall–Kier alpha value is -3.84. The molecular formula is C31H31F6N5O2. The summed E-state index contributed by atoms with van der Waals surface area (Å²) in [5.74, 6) is -0.136. The number of hydrogen-bond donors (Lipinski definition) is 3. The van der Waals surface area contributed by atoms with Gasteiger partial charge in [0.15, 0.2) is 0 Å². The number of aliphatic hydroxyl groups excluding tert-OH is 1. The van der Waals surface area contributed by atoms with Crippen LogP contribution >= 0.6 is 0 Å². The molecule has 2 aliphatic rings. The maximum Gasteiger partial charge on any atom is 0.416 e. The van der Waals surface area contributed by atoms with Gasteiger partial charge in [0.1, 0.15) is 5.65 Å². The van der Waals surface area contributed by atoms with E-state index in [2.05, 4.69) is 20.6 Å². The number of aliphatic hydroxyl groups is 1. The third-order valence-corrected chi connectivity index (χ3v) is 8.26. The van der Waals surface area contributed by atoms with Crippen LogP contribution in [0.3, 0.4) is 0 Å². The maximum atomic E-state index is 13.4. The summed E-state index contributed by atoms with van der Waals surface area (Å²) in [5, 5.41) is 16.8. The normalized spacial score (nSPS) is 20.2. The predicted octanol–water partition coefficient (Wildman–Crippen LogP) is 7.95. The molecule has 0 unspecified atom stereocenters. The molecule has 0 spiro atoms. The smallest absolute Gasteiger partial charge is 0.393 e. The summed E-state index contributed by atoms with van der Waals surface area (Å²) in [7, 11) is 0. The molecule has 3 heterocycles. The fraction of sp³-hybridized carbons (Fsp3) is 0.419. The SMILES string of the molecule is O[C@H]1CC[C@H](n2cc(-c3ccc(NC4CCOCC4)cc3)c3cnc(Nc4cc(C(F)(F)F)cc(C(F)(F)F)c4)nc32)CC1. The second-order valence-electron chi connectivity index (χ2n) is 11.4. The molecule has 1 saturated carbocycles. The molecule has 1 aliphatic carbocycles. The van der Waals surface area contributed by atoms with Crippen molar-refractivity contribution in [3.05, 3.63) is 66.0 Å². The fourth-order valence-corrected chi connectivity index (χ4v) is 5.91. The zero-order chi connectivity index (χ0) is 31.1. The molecule has 0 radical (unpaired) electrons. The van der Waals surface area contributed by atoms with Crippen LogP contribution in [0.15, 0.2) is 54.9 Å². The third-order valence-electron chi connectivity index (χ3n) is 8.26. The van der Waals surface area contributed by atoms with E-state index in [4.69, 9.17) is 4.74 Å². The van der Waals surface area contributed by atoms with Crippen molar-refractivity contribution in [1.82, 2.24) is 14.5 Å². The summed E-state index contributed by atoms with van der Waals surface area (Å²) in [4.78, 5) is 8.86. The van der Waals surface area contributed by atoms with Gasteiger partial charge in [0.05, 0.1) is 17.2 Å². The summed E-state index contributed by atoms with van der Waals surface area (Å²) < 4.78 is 87.9. The fourth-order valence-electron chi connectivity index (χ4n) is 5.91. The lowest BCUT2D eigenvalue weighted by molar-refractivity contribution is -0.143. The largest absolute Gasteiger partial charge is 0.416 e. The van der Waals surface area contributed by atoms with E-state index in [0.717, 1.165) is 42.9 Å². The van der Waals surface area contributed by atoms with E-state index in [0.29, 0.717) is 54.9 Å². The summed E-state index contributed by atoms with van der Waals surface area (Å²) in [6.07, 6.45) is -2.42. The number of fused-ring (bicyclic) bond motifs is 1. The first-order chi connectivity index (χ1) is 20.9. The lowest BCUT2D eigenvalue weighted by Crippen LogP contribution is -2.27. The van der Waals surface area contributed by atoms with Crippen molar-refractivity contribution in [2.75, 3.05) is 23.8 Å². The van der Waals surface area contributed by atoms with E-state index in [-0.39, 0.29) is 24.2 Å². The van der Waals surface area contributed by atoms with E-state index in [1.165, 1.54) is 6.20 Å². The molecule has 0 bridgehead atoms. The average molecular weight is 620 g/mol. The van der Waals surface area contributed by atoms with E-state index in [1.807, 2.05) is 35.0 Å². The van der Waals surface area contributed by atoms with Crippen LogP contribution in [0, 0.1) is 0 Å². The van der Waals surface area contributed by atoms with E-state index < -0.39 is 29.2 Å². The molecule has 2 fully saturated rings. The van der Waals surface area contributed by atoms with Crippen LogP contribution in [0.2, 0.25) is 0 Å². The van der Waals surface area contributed by atoms with Crippen molar-refractivity contribution in [1.29, 1.82) is 0 Å². The topological polar surface area (TPSA) is 84.2 Å². The van der Waals surface area contributed by atoms with Crippen LogP contribution in [-0.4, -0.2) is 45.0 Å². The Balaban J connectivity index is 1.35. The van der Waals surface area contributed by atoms with Gasteiger partial charge in [-0.05, 0) is 74.4 Å². The monoisotopic (exact) mass is 619 g/mol. The molecule has 0 atom stereocenters. The lowest BCUT2D eigenvalue weighted by Gasteiger charge is -2.27. The van der Waals surface area contributed by atoms with Crippen LogP contribution in [0.1, 0.15) is 55.7 Å². The quantitative estimate of drug-likeness (QED) is 0.190. The van der Waals surface area contributed by atoms with Crippen molar-refractivity contribution in [3.63, 3.8) is 0 Å². The molecule has 3 N–H and O–H groups in total. The molecule has 1 saturated heterocycles. The molecule has 0 amide bonds. The van der Waals surface area contributed by atoms with Crippen molar-refractivity contribution < 1.29 is 36.2 Å². The Morgan fingerprint density at radius 2 is 1.45 bits per heavy atom. The number of benzene rings is 2. The van der Waals surface area contributed by atoms with Crippen molar-refractivity contribution in [3.8, 4) is 11.1 Å². The second kappa shape index (κ2) is 11.9. The summed E-state index contributed by atoms with van der Waals surface area (Å²) in [6.45, 7) is 1.45. The van der Waals surface area contributed by atoms with Gasteiger partial charge < -0.3 is 25.0 Å². The minimum absolute atomic E-state index is 0.00255. The van der Waals surface area contributed by atoms with Gasteiger partial charge in [0.2, 0.25) is 5.95 Å².